The number of allylic oxidation sites excluding steroid dienone is 6. The third-order valence-electron chi connectivity index (χ3n) is 5.78. The Kier molecular flexibility index (Phi) is 4.61. The highest BCUT2D eigenvalue weighted by molar-refractivity contribution is 5.77. The third-order valence-corrected chi connectivity index (χ3v) is 5.78. The van der Waals surface area contributed by atoms with E-state index in [1.165, 1.54) is 40.9 Å². The Labute approximate surface area is 151 Å². The summed E-state index contributed by atoms with van der Waals surface area (Å²) in [6.45, 7) is 5.43. The average Bonchev–Trinajstić information content (AvgIpc) is 3.33. The number of aromatic nitrogens is 1. The standard InChI is InChI=1S/C23H28N2/c1-16(2)22-14-21(18-6-4-3-5-7-18)23(25-22)19-10-8-17(9-11-19)20-12-13-24-15-20/h3-6,8,12-14,16,18-19,25H,7,9-11,15H2,1-2H3. The van der Waals surface area contributed by atoms with Gasteiger partial charge >= 0.3 is 0 Å². The van der Waals surface area contributed by atoms with Crippen LogP contribution in [-0.4, -0.2) is 17.7 Å². The summed E-state index contributed by atoms with van der Waals surface area (Å²) >= 11 is 0. The maximum atomic E-state index is 4.34. The zero-order valence-corrected chi connectivity index (χ0v) is 15.3. The fourth-order valence-electron chi connectivity index (χ4n) is 4.22. The van der Waals surface area contributed by atoms with Crippen molar-refractivity contribution in [3.05, 3.63) is 70.6 Å². The minimum absolute atomic E-state index is 0.528. The number of rotatable bonds is 4. The highest BCUT2D eigenvalue weighted by Gasteiger charge is 2.25. The minimum Gasteiger partial charge on any atom is -0.362 e. The van der Waals surface area contributed by atoms with Crippen LogP contribution in [0.25, 0.3) is 0 Å². The van der Waals surface area contributed by atoms with Crippen molar-refractivity contribution in [1.29, 1.82) is 0 Å². The van der Waals surface area contributed by atoms with Gasteiger partial charge in [-0.15, -0.1) is 0 Å². The molecule has 4 rings (SSSR count). The first-order valence-electron chi connectivity index (χ1n) is 9.66. The molecule has 1 N–H and O–H groups in total. The van der Waals surface area contributed by atoms with Gasteiger partial charge < -0.3 is 4.98 Å². The summed E-state index contributed by atoms with van der Waals surface area (Å²) in [4.78, 5) is 8.14. The van der Waals surface area contributed by atoms with Crippen molar-refractivity contribution in [2.45, 2.75) is 57.3 Å². The van der Waals surface area contributed by atoms with E-state index in [2.05, 4.69) is 66.3 Å². The summed E-state index contributed by atoms with van der Waals surface area (Å²) in [5, 5.41) is 0. The van der Waals surface area contributed by atoms with Gasteiger partial charge in [0.1, 0.15) is 0 Å². The van der Waals surface area contributed by atoms with Gasteiger partial charge in [0.2, 0.25) is 0 Å². The molecule has 0 radical (unpaired) electrons. The molecule has 130 valence electrons. The predicted octanol–water partition coefficient (Wildman–Crippen LogP) is 5.94. The van der Waals surface area contributed by atoms with E-state index in [-0.39, 0.29) is 0 Å². The third kappa shape index (κ3) is 3.35. The van der Waals surface area contributed by atoms with Crippen molar-refractivity contribution in [2.75, 3.05) is 6.54 Å². The Bertz CT molecular complexity index is 783. The minimum atomic E-state index is 0.528. The Morgan fingerprint density at radius 3 is 2.72 bits per heavy atom. The zero-order chi connectivity index (χ0) is 17.2. The number of nitrogens with zero attached hydrogens (tertiary/aromatic N) is 1. The van der Waals surface area contributed by atoms with Gasteiger partial charge in [-0.2, -0.15) is 0 Å². The van der Waals surface area contributed by atoms with E-state index < -0.39 is 0 Å². The molecule has 2 heterocycles. The molecule has 0 saturated carbocycles. The van der Waals surface area contributed by atoms with Gasteiger partial charge in [-0.3, -0.25) is 4.99 Å². The van der Waals surface area contributed by atoms with E-state index in [0.717, 1.165) is 19.4 Å². The van der Waals surface area contributed by atoms with Crippen molar-refractivity contribution in [3.63, 3.8) is 0 Å². The molecule has 2 atom stereocenters. The highest BCUT2D eigenvalue weighted by atomic mass is 14.8. The van der Waals surface area contributed by atoms with Crippen LogP contribution in [0.2, 0.25) is 0 Å². The number of hydrogen-bond donors (Lipinski definition) is 1. The van der Waals surface area contributed by atoms with Crippen LogP contribution in [0.3, 0.4) is 0 Å². The van der Waals surface area contributed by atoms with E-state index >= 15 is 0 Å². The van der Waals surface area contributed by atoms with E-state index in [0.29, 0.717) is 17.8 Å². The molecular weight excluding hydrogens is 304 g/mol. The Morgan fingerprint density at radius 2 is 2.08 bits per heavy atom. The first-order chi connectivity index (χ1) is 12.2. The fourth-order valence-corrected chi connectivity index (χ4v) is 4.22. The SMILES string of the molecule is CC(C)c1cc(C2C=CC=CC2)c(C2CC=C(C3=CC=NC3)CC2)[nH]1. The molecule has 0 fully saturated rings. The van der Waals surface area contributed by atoms with E-state index in [1.54, 1.807) is 0 Å². The molecule has 0 aromatic carbocycles. The number of aromatic amines is 1. The molecular formula is C23H28N2. The topological polar surface area (TPSA) is 28.1 Å². The molecule has 2 aliphatic carbocycles. The summed E-state index contributed by atoms with van der Waals surface area (Å²) in [5.41, 5.74) is 7.34. The lowest BCUT2D eigenvalue weighted by Gasteiger charge is -2.25. The van der Waals surface area contributed by atoms with Gasteiger partial charge in [-0.05, 0) is 60.5 Å². The second-order valence-corrected chi connectivity index (χ2v) is 7.79. The van der Waals surface area contributed by atoms with Crippen molar-refractivity contribution in [3.8, 4) is 0 Å². The number of nitrogens with one attached hydrogen (secondary N) is 1. The summed E-state index contributed by atoms with van der Waals surface area (Å²) in [6, 6.07) is 2.43. The van der Waals surface area contributed by atoms with Crippen LogP contribution in [-0.2, 0) is 0 Å². The molecule has 25 heavy (non-hydrogen) atoms. The van der Waals surface area contributed by atoms with Gasteiger partial charge in [-0.25, -0.2) is 0 Å². The molecule has 3 aliphatic rings. The predicted molar refractivity (Wildman–Crippen MR) is 107 cm³/mol. The Hall–Kier alpha value is -2.09. The van der Waals surface area contributed by atoms with Crippen LogP contribution in [0.4, 0.5) is 0 Å². The summed E-state index contributed by atoms with van der Waals surface area (Å²) in [5.74, 6) is 1.69. The zero-order valence-electron chi connectivity index (χ0n) is 15.3. The summed E-state index contributed by atoms with van der Waals surface area (Å²) < 4.78 is 0. The maximum Gasteiger partial charge on any atom is 0.0642 e. The molecule has 1 aliphatic heterocycles. The van der Waals surface area contributed by atoms with Gasteiger partial charge in [0, 0.05) is 29.4 Å². The molecule has 1 aromatic heterocycles. The van der Waals surface area contributed by atoms with Crippen LogP contribution in [0, 0.1) is 0 Å². The van der Waals surface area contributed by atoms with Crippen molar-refractivity contribution >= 4 is 6.21 Å². The molecule has 0 spiro atoms. The Balaban J connectivity index is 1.59. The lowest BCUT2D eigenvalue weighted by atomic mass is 9.81. The first-order valence-corrected chi connectivity index (χ1v) is 9.66. The fraction of sp³-hybridized carbons (Fsp3) is 0.435. The second-order valence-electron chi connectivity index (χ2n) is 7.79. The van der Waals surface area contributed by atoms with Crippen molar-refractivity contribution in [1.82, 2.24) is 4.98 Å². The van der Waals surface area contributed by atoms with Crippen LogP contribution < -0.4 is 0 Å². The molecule has 0 bridgehead atoms. The molecule has 1 aromatic rings. The van der Waals surface area contributed by atoms with Crippen molar-refractivity contribution in [2.24, 2.45) is 4.99 Å². The van der Waals surface area contributed by atoms with Crippen molar-refractivity contribution < 1.29 is 0 Å². The monoisotopic (exact) mass is 332 g/mol. The summed E-state index contributed by atoms with van der Waals surface area (Å²) in [7, 11) is 0. The first kappa shape index (κ1) is 16.4. The Morgan fingerprint density at radius 1 is 1.16 bits per heavy atom. The van der Waals surface area contributed by atoms with Gasteiger partial charge in [0.25, 0.3) is 0 Å². The van der Waals surface area contributed by atoms with E-state index in [4.69, 9.17) is 0 Å². The number of H-pyrrole nitrogens is 1. The van der Waals surface area contributed by atoms with Crippen LogP contribution in [0.5, 0.6) is 0 Å². The lowest BCUT2D eigenvalue weighted by Crippen LogP contribution is -2.10. The van der Waals surface area contributed by atoms with Gasteiger partial charge in [0.05, 0.1) is 6.54 Å². The second kappa shape index (κ2) is 7.03. The normalized spacial score (nSPS) is 25.6. The van der Waals surface area contributed by atoms with Crippen LogP contribution in [0.1, 0.15) is 74.2 Å². The highest BCUT2D eigenvalue weighted by Crippen LogP contribution is 2.40. The molecule has 0 saturated heterocycles. The van der Waals surface area contributed by atoms with Gasteiger partial charge in [-0.1, -0.05) is 44.2 Å². The summed E-state index contributed by atoms with van der Waals surface area (Å²) in [6.07, 6.45) is 20.3. The maximum absolute atomic E-state index is 4.34. The van der Waals surface area contributed by atoms with E-state index in [9.17, 15) is 0 Å². The lowest BCUT2D eigenvalue weighted by molar-refractivity contribution is 0.579. The van der Waals surface area contributed by atoms with E-state index in [1.807, 2.05) is 6.21 Å². The smallest absolute Gasteiger partial charge is 0.0642 e. The van der Waals surface area contributed by atoms with Crippen LogP contribution in [0.15, 0.2) is 58.7 Å². The molecule has 2 heteroatoms. The average molecular weight is 332 g/mol. The molecule has 2 nitrogen and oxygen atoms in total. The molecule has 2 unspecified atom stereocenters. The number of aliphatic imine (C=N–C) groups is 1. The number of hydrogen-bond acceptors (Lipinski definition) is 1. The quantitative estimate of drug-likeness (QED) is 0.706. The van der Waals surface area contributed by atoms with Gasteiger partial charge in [0.15, 0.2) is 0 Å². The molecule has 0 amide bonds. The van der Waals surface area contributed by atoms with Crippen LogP contribution >= 0.6 is 0 Å². The largest absolute Gasteiger partial charge is 0.362 e.